The van der Waals surface area contributed by atoms with Gasteiger partial charge in [-0.1, -0.05) is 37.3 Å². The van der Waals surface area contributed by atoms with E-state index in [-0.39, 0.29) is 23.2 Å². The molecule has 3 rings (SSSR count). The van der Waals surface area contributed by atoms with Crippen molar-refractivity contribution < 1.29 is 5.11 Å². The zero-order valence-corrected chi connectivity index (χ0v) is 15.5. The van der Waals surface area contributed by atoms with E-state index in [1.165, 1.54) is 4.57 Å². The van der Waals surface area contributed by atoms with Crippen molar-refractivity contribution in [3.05, 3.63) is 63.9 Å². The SMILES string of the molecule is CCC(C)n1c(O)c(C#N)c(C)c(N=Nc2ccc3ccccc3c2)c1=O. The van der Waals surface area contributed by atoms with Crippen LogP contribution in [0.1, 0.15) is 37.4 Å². The topological polar surface area (TPSA) is 90.7 Å². The van der Waals surface area contributed by atoms with E-state index in [0.717, 1.165) is 10.8 Å². The van der Waals surface area contributed by atoms with Crippen LogP contribution in [0.25, 0.3) is 10.8 Å². The number of azo groups is 1. The van der Waals surface area contributed by atoms with Gasteiger partial charge in [-0.3, -0.25) is 9.36 Å². The number of rotatable bonds is 4. The van der Waals surface area contributed by atoms with Gasteiger partial charge in [0.25, 0.3) is 5.56 Å². The Bertz CT molecular complexity index is 1140. The van der Waals surface area contributed by atoms with Crippen LogP contribution in [0.2, 0.25) is 0 Å². The van der Waals surface area contributed by atoms with E-state index in [4.69, 9.17) is 0 Å². The summed E-state index contributed by atoms with van der Waals surface area (Å²) in [6.07, 6.45) is 0.628. The third kappa shape index (κ3) is 3.32. The molecule has 1 unspecified atom stereocenters. The van der Waals surface area contributed by atoms with Gasteiger partial charge in [0, 0.05) is 11.6 Å². The molecule has 2 aromatic carbocycles. The second-order valence-corrected chi connectivity index (χ2v) is 6.45. The smallest absolute Gasteiger partial charge is 0.281 e. The van der Waals surface area contributed by atoms with Crippen molar-refractivity contribution in [1.82, 2.24) is 4.57 Å². The van der Waals surface area contributed by atoms with Crippen molar-refractivity contribution in [2.75, 3.05) is 0 Å². The number of nitriles is 1. The summed E-state index contributed by atoms with van der Waals surface area (Å²) >= 11 is 0. The molecule has 0 aliphatic carbocycles. The molecule has 0 aliphatic rings. The first-order valence-electron chi connectivity index (χ1n) is 8.76. The predicted octanol–water partition coefficient (Wildman–Crippen LogP) is 5.27. The van der Waals surface area contributed by atoms with E-state index in [1.54, 1.807) is 6.92 Å². The molecule has 1 aromatic heterocycles. The van der Waals surface area contributed by atoms with Crippen LogP contribution in [0.4, 0.5) is 11.4 Å². The summed E-state index contributed by atoms with van der Waals surface area (Å²) in [5.74, 6) is -0.320. The first kappa shape index (κ1) is 18.3. The van der Waals surface area contributed by atoms with Crippen LogP contribution in [0.3, 0.4) is 0 Å². The summed E-state index contributed by atoms with van der Waals surface area (Å²) in [5.41, 5.74) is 0.585. The van der Waals surface area contributed by atoms with E-state index in [0.29, 0.717) is 17.7 Å². The van der Waals surface area contributed by atoms with Crippen molar-refractivity contribution in [2.45, 2.75) is 33.2 Å². The number of aromatic hydroxyl groups is 1. The van der Waals surface area contributed by atoms with Crippen LogP contribution in [0.15, 0.2) is 57.5 Å². The van der Waals surface area contributed by atoms with Crippen molar-refractivity contribution in [3.63, 3.8) is 0 Å². The van der Waals surface area contributed by atoms with Crippen LogP contribution in [0.5, 0.6) is 5.88 Å². The molecule has 0 radical (unpaired) electrons. The minimum Gasteiger partial charge on any atom is -0.493 e. The summed E-state index contributed by atoms with van der Waals surface area (Å²) in [5, 5.41) is 30.2. The zero-order chi connectivity index (χ0) is 19.6. The van der Waals surface area contributed by atoms with Crippen molar-refractivity contribution in [2.24, 2.45) is 10.2 Å². The summed E-state index contributed by atoms with van der Waals surface area (Å²) < 4.78 is 1.21. The Balaban J connectivity index is 2.14. The second kappa shape index (κ2) is 7.42. The number of hydrogen-bond acceptors (Lipinski definition) is 5. The van der Waals surface area contributed by atoms with Crippen LogP contribution >= 0.6 is 0 Å². The van der Waals surface area contributed by atoms with Gasteiger partial charge in [0.05, 0.1) is 5.69 Å². The highest BCUT2D eigenvalue weighted by atomic mass is 16.3. The molecule has 0 saturated carbocycles. The number of aromatic nitrogens is 1. The molecule has 1 heterocycles. The molecule has 1 atom stereocenters. The standard InChI is InChI=1S/C21H20N4O2/c1-4-13(2)25-20(26)18(12-22)14(3)19(21(25)27)24-23-17-10-9-15-7-5-6-8-16(15)11-17/h5-11,13,26H,4H2,1-3H3. The first-order chi connectivity index (χ1) is 13.0. The molecule has 0 spiro atoms. The summed E-state index contributed by atoms with van der Waals surface area (Å²) in [6.45, 7) is 5.30. The quantitative estimate of drug-likeness (QED) is 0.642. The van der Waals surface area contributed by atoms with Gasteiger partial charge in [-0.25, -0.2) is 0 Å². The molecule has 6 nitrogen and oxygen atoms in total. The fourth-order valence-corrected chi connectivity index (χ4v) is 2.97. The lowest BCUT2D eigenvalue weighted by Gasteiger charge is -2.17. The van der Waals surface area contributed by atoms with E-state index in [2.05, 4.69) is 10.2 Å². The second-order valence-electron chi connectivity index (χ2n) is 6.45. The molecule has 0 bridgehead atoms. The molecule has 3 aromatic rings. The van der Waals surface area contributed by atoms with Gasteiger partial charge >= 0.3 is 0 Å². The fraction of sp³-hybridized carbons (Fsp3) is 0.238. The Morgan fingerprint density at radius 3 is 2.56 bits per heavy atom. The van der Waals surface area contributed by atoms with E-state index in [1.807, 2.05) is 62.4 Å². The molecular weight excluding hydrogens is 340 g/mol. The van der Waals surface area contributed by atoms with Gasteiger partial charge < -0.3 is 5.11 Å². The molecular formula is C21H20N4O2. The van der Waals surface area contributed by atoms with E-state index >= 15 is 0 Å². The number of nitrogens with zero attached hydrogens (tertiary/aromatic N) is 4. The highest BCUT2D eigenvalue weighted by molar-refractivity contribution is 5.85. The monoisotopic (exact) mass is 360 g/mol. The normalized spacial score (nSPS) is 12.4. The highest BCUT2D eigenvalue weighted by Crippen LogP contribution is 2.30. The van der Waals surface area contributed by atoms with Gasteiger partial charge in [-0.05, 0) is 43.2 Å². The number of hydrogen-bond donors (Lipinski definition) is 1. The summed E-state index contributed by atoms with van der Waals surface area (Å²) in [6, 6.07) is 15.2. The Morgan fingerprint density at radius 1 is 1.19 bits per heavy atom. The molecule has 6 heteroatoms. The molecule has 136 valence electrons. The van der Waals surface area contributed by atoms with Gasteiger partial charge in [0.15, 0.2) is 5.69 Å². The third-order valence-corrected chi connectivity index (χ3v) is 4.75. The number of pyridine rings is 1. The molecule has 0 aliphatic heterocycles. The molecule has 0 fully saturated rings. The average Bonchev–Trinajstić information content (AvgIpc) is 2.67. The number of benzene rings is 2. The van der Waals surface area contributed by atoms with Crippen LogP contribution in [0, 0.1) is 18.3 Å². The average molecular weight is 360 g/mol. The zero-order valence-electron chi connectivity index (χ0n) is 15.5. The number of fused-ring (bicyclic) bond motifs is 1. The predicted molar refractivity (Wildman–Crippen MR) is 105 cm³/mol. The Morgan fingerprint density at radius 2 is 1.89 bits per heavy atom. The maximum atomic E-state index is 12.9. The molecule has 27 heavy (non-hydrogen) atoms. The Kier molecular flexibility index (Phi) is 5.04. The molecule has 1 N–H and O–H groups in total. The lowest BCUT2D eigenvalue weighted by molar-refractivity contribution is 0.372. The maximum Gasteiger partial charge on any atom is 0.281 e. The fourth-order valence-electron chi connectivity index (χ4n) is 2.97. The maximum absolute atomic E-state index is 12.9. The molecule has 0 saturated heterocycles. The van der Waals surface area contributed by atoms with Crippen LogP contribution in [-0.2, 0) is 0 Å². The minimum absolute atomic E-state index is 0.0439. The van der Waals surface area contributed by atoms with E-state index < -0.39 is 5.56 Å². The van der Waals surface area contributed by atoms with Crippen molar-refractivity contribution in [3.8, 4) is 11.9 Å². The van der Waals surface area contributed by atoms with Crippen molar-refractivity contribution >= 4 is 22.1 Å². The Labute approximate surface area is 157 Å². The first-order valence-corrected chi connectivity index (χ1v) is 8.76. The van der Waals surface area contributed by atoms with E-state index in [9.17, 15) is 15.2 Å². The summed E-state index contributed by atoms with van der Waals surface area (Å²) in [4.78, 5) is 12.9. The van der Waals surface area contributed by atoms with Crippen molar-refractivity contribution in [1.29, 1.82) is 5.26 Å². The molecule has 0 amide bonds. The third-order valence-electron chi connectivity index (χ3n) is 4.75. The van der Waals surface area contributed by atoms with Gasteiger partial charge in [0.2, 0.25) is 5.88 Å². The lowest BCUT2D eigenvalue weighted by atomic mass is 10.1. The van der Waals surface area contributed by atoms with Crippen LogP contribution in [-0.4, -0.2) is 9.67 Å². The lowest BCUT2D eigenvalue weighted by Crippen LogP contribution is -2.24. The van der Waals surface area contributed by atoms with Gasteiger partial charge in [-0.15, -0.1) is 5.11 Å². The highest BCUT2D eigenvalue weighted by Gasteiger charge is 2.21. The largest absolute Gasteiger partial charge is 0.493 e. The minimum atomic E-state index is -0.456. The Hall–Kier alpha value is -3.46. The van der Waals surface area contributed by atoms with Crippen LogP contribution < -0.4 is 5.56 Å². The summed E-state index contributed by atoms with van der Waals surface area (Å²) in [7, 11) is 0. The van der Waals surface area contributed by atoms with Gasteiger partial charge in [-0.2, -0.15) is 10.4 Å². The van der Waals surface area contributed by atoms with Gasteiger partial charge in [0.1, 0.15) is 11.6 Å².